The van der Waals surface area contributed by atoms with Crippen LogP contribution in [0, 0.1) is 0 Å². The van der Waals surface area contributed by atoms with Crippen LogP contribution in [-0.4, -0.2) is 44.4 Å². The van der Waals surface area contributed by atoms with Crippen molar-refractivity contribution in [3.05, 3.63) is 41.8 Å². The first-order chi connectivity index (χ1) is 9.92. The van der Waals surface area contributed by atoms with Crippen LogP contribution in [0.25, 0.3) is 10.4 Å². The van der Waals surface area contributed by atoms with Crippen LogP contribution in [0.4, 0.5) is 0 Å². The molecule has 2 aromatic rings. The summed E-state index contributed by atoms with van der Waals surface area (Å²) in [5.41, 5.74) is 1.23. The topological polar surface area (TPSA) is 21.7 Å². The highest BCUT2D eigenvalue weighted by molar-refractivity contribution is 7.13. The van der Waals surface area contributed by atoms with Crippen molar-refractivity contribution in [1.82, 2.24) is 4.90 Å². The van der Waals surface area contributed by atoms with Gasteiger partial charge in [-0.2, -0.15) is 0 Å². The molecule has 0 bridgehead atoms. The van der Waals surface area contributed by atoms with Crippen LogP contribution in [-0.2, 0) is 4.74 Å². The van der Waals surface area contributed by atoms with E-state index in [9.17, 15) is 0 Å². The average Bonchev–Trinajstić information content (AvgIpc) is 3.03. The van der Waals surface area contributed by atoms with Crippen LogP contribution >= 0.6 is 11.3 Å². The molecule has 1 aliphatic rings. The molecular weight excluding hydrogens is 270 g/mol. The van der Waals surface area contributed by atoms with Crippen molar-refractivity contribution in [1.29, 1.82) is 0 Å². The van der Waals surface area contributed by atoms with Crippen molar-refractivity contribution in [3.63, 3.8) is 0 Å². The molecule has 0 amide bonds. The SMILES string of the molecule is c1cc(OCCN2CCOCC2)cc(-c2cccs2)c1. The maximum atomic E-state index is 5.87. The Morgan fingerprint density at radius 1 is 1.15 bits per heavy atom. The quantitative estimate of drug-likeness (QED) is 0.844. The highest BCUT2D eigenvalue weighted by Crippen LogP contribution is 2.27. The van der Waals surface area contributed by atoms with Gasteiger partial charge in [-0.1, -0.05) is 18.2 Å². The van der Waals surface area contributed by atoms with Crippen molar-refractivity contribution in [2.75, 3.05) is 39.5 Å². The summed E-state index contributed by atoms with van der Waals surface area (Å²) in [6.45, 7) is 5.40. The number of nitrogens with zero attached hydrogens (tertiary/aromatic N) is 1. The zero-order chi connectivity index (χ0) is 13.6. The van der Waals surface area contributed by atoms with Gasteiger partial charge in [0.2, 0.25) is 0 Å². The van der Waals surface area contributed by atoms with Crippen molar-refractivity contribution in [2.24, 2.45) is 0 Å². The first-order valence-electron chi connectivity index (χ1n) is 6.99. The van der Waals surface area contributed by atoms with Crippen molar-refractivity contribution >= 4 is 11.3 Å². The molecule has 1 aromatic heterocycles. The van der Waals surface area contributed by atoms with E-state index >= 15 is 0 Å². The number of rotatable bonds is 5. The van der Waals surface area contributed by atoms with E-state index in [1.54, 1.807) is 11.3 Å². The first-order valence-corrected chi connectivity index (χ1v) is 7.87. The molecule has 20 heavy (non-hydrogen) atoms. The van der Waals surface area contributed by atoms with Gasteiger partial charge in [0.25, 0.3) is 0 Å². The molecule has 1 saturated heterocycles. The maximum absolute atomic E-state index is 5.87. The van der Waals surface area contributed by atoms with Crippen LogP contribution in [0.5, 0.6) is 5.75 Å². The van der Waals surface area contributed by atoms with Gasteiger partial charge in [0.05, 0.1) is 13.2 Å². The molecule has 3 nitrogen and oxygen atoms in total. The third kappa shape index (κ3) is 3.60. The summed E-state index contributed by atoms with van der Waals surface area (Å²) in [6.07, 6.45) is 0. The number of thiophene rings is 1. The van der Waals surface area contributed by atoms with Crippen molar-refractivity contribution in [3.8, 4) is 16.2 Å². The molecule has 106 valence electrons. The van der Waals surface area contributed by atoms with Crippen LogP contribution in [0.1, 0.15) is 0 Å². The zero-order valence-corrected chi connectivity index (χ0v) is 12.3. The van der Waals surface area contributed by atoms with Crippen LogP contribution in [0.3, 0.4) is 0 Å². The Balaban J connectivity index is 1.53. The number of hydrogen-bond donors (Lipinski definition) is 0. The van der Waals surface area contributed by atoms with E-state index in [0.29, 0.717) is 0 Å². The molecule has 0 spiro atoms. The van der Waals surface area contributed by atoms with Gasteiger partial charge in [0.15, 0.2) is 0 Å². The lowest BCUT2D eigenvalue weighted by Gasteiger charge is -2.26. The van der Waals surface area contributed by atoms with Crippen molar-refractivity contribution < 1.29 is 9.47 Å². The van der Waals surface area contributed by atoms with E-state index in [0.717, 1.165) is 45.2 Å². The van der Waals surface area contributed by atoms with E-state index in [4.69, 9.17) is 9.47 Å². The molecule has 0 unspecified atom stereocenters. The summed E-state index contributed by atoms with van der Waals surface area (Å²) in [5, 5.41) is 2.10. The minimum atomic E-state index is 0.730. The summed E-state index contributed by atoms with van der Waals surface area (Å²) in [7, 11) is 0. The first kappa shape index (κ1) is 13.6. The number of ether oxygens (including phenoxy) is 2. The summed E-state index contributed by atoms with van der Waals surface area (Å²) in [5.74, 6) is 0.948. The fourth-order valence-electron chi connectivity index (χ4n) is 2.30. The molecule has 1 aliphatic heterocycles. The number of hydrogen-bond acceptors (Lipinski definition) is 4. The van der Waals surface area contributed by atoms with E-state index in [2.05, 4.69) is 40.6 Å². The molecule has 0 radical (unpaired) electrons. The van der Waals surface area contributed by atoms with Gasteiger partial charge >= 0.3 is 0 Å². The van der Waals surface area contributed by atoms with Crippen molar-refractivity contribution in [2.45, 2.75) is 0 Å². The molecule has 2 heterocycles. The molecule has 0 atom stereocenters. The largest absolute Gasteiger partial charge is 0.492 e. The van der Waals surface area contributed by atoms with Gasteiger partial charge in [-0.25, -0.2) is 0 Å². The van der Waals surface area contributed by atoms with Crippen LogP contribution in [0.2, 0.25) is 0 Å². The molecule has 4 heteroatoms. The third-order valence-corrected chi connectivity index (χ3v) is 4.34. The summed E-state index contributed by atoms with van der Waals surface area (Å²) in [4.78, 5) is 3.66. The molecule has 0 aliphatic carbocycles. The lowest BCUT2D eigenvalue weighted by Crippen LogP contribution is -2.38. The Bertz CT molecular complexity index is 521. The summed E-state index contributed by atoms with van der Waals surface area (Å²) >= 11 is 1.75. The van der Waals surface area contributed by atoms with Crippen LogP contribution in [0.15, 0.2) is 41.8 Å². The fourth-order valence-corrected chi connectivity index (χ4v) is 3.02. The molecule has 1 aromatic carbocycles. The molecule has 0 saturated carbocycles. The Kier molecular flexibility index (Phi) is 4.69. The zero-order valence-electron chi connectivity index (χ0n) is 11.5. The summed E-state index contributed by atoms with van der Waals surface area (Å²) < 4.78 is 11.2. The summed E-state index contributed by atoms with van der Waals surface area (Å²) in [6, 6.07) is 12.5. The Labute approximate surface area is 123 Å². The normalized spacial score (nSPS) is 16.2. The third-order valence-electron chi connectivity index (χ3n) is 3.42. The van der Waals surface area contributed by atoms with Gasteiger partial charge in [-0.15, -0.1) is 11.3 Å². The lowest BCUT2D eigenvalue weighted by molar-refractivity contribution is 0.0322. The number of morpholine rings is 1. The monoisotopic (exact) mass is 289 g/mol. The minimum absolute atomic E-state index is 0.730. The van der Waals surface area contributed by atoms with E-state index in [1.807, 2.05) is 6.07 Å². The van der Waals surface area contributed by atoms with Gasteiger partial charge in [-0.3, -0.25) is 4.90 Å². The van der Waals surface area contributed by atoms with Crippen LogP contribution < -0.4 is 4.74 Å². The predicted octanol–water partition coefficient (Wildman–Crippen LogP) is 3.13. The fraction of sp³-hybridized carbons (Fsp3) is 0.375. The second-order valence-corrected chi connectivity index (χ2v) is 5.76. The van der Waals surface area contributed by atoms with Gasteiger partial charge in [0.1, 0.15) is 12.4 Å². The minimum Gasteiger partial charge on any atom is -0.492 e. The Hall–Kier alpha value is -1.36. The smallest absolute Gasteiger partial charge is 0.120 e. The second kappa shape index (κ2) is 6.88. The van der Waals surface area contributed by atoms with E-state index < -0.39 is 0 Å². The maximum Gasteiger partial charge on any atom is 0.120 e. The van der Waals surface area contributed by atoms with Gasteiger partial charge in [0, 0.05) is 24.5 Å². The Morgan fingerprint density at radius 3 is 2.85 bits per heavy atom. The second-order valence-electron chi connectivity index (χ2n) is 4.81. The lowest BCUT2D eigenvalue weighted by atomic mass is 10.2. The molecule has 1 fully saturated rings. The number of benzene rings is 1. The standard InChI is InChI=1S/C16H19NO2S/c1-3-14(16-5-2-12-20-16)13-15(4-1)19-11-8-17-6-9-18-10-7-17/h1-5,12-13H,6-11H2. The molecule has 0 N–H and O–H groups in total. The van der Waals surface area contributed by atoms with E-state index in [-0.39, 0.29) is 0 Å². The highest BCUT2D eigenvalue weighted by Gasteiger charge is 2.09. The van der Waals surface area contributed by atoms with E-state index in [1.165, 1.54) is 10.4 Å². The molecule has 3 rings (SSSR count). The molecular formula is C16H19NO2S. The highest BCUT2D eigenvalue weighted by atomic mass is 32.1. The predicted molar refractivity (Wildman–Crippen MR) is 82.5 cm³/mol. The van der Waals surface area contributed by atoms with Gasteiger partial charge in [-0.05, 0) is 29.1 Å². The Morgan fingerprint density at radius 2 is 2.05 bits per heavy atom. The average molecular weight is 289 g/mol. The van der Waals surface area contributed by atoms with Gasteiger partial charge < -0.3 is 9.47 Å².